The lowest BCUT2D eigenvalue weighted by Crippen LogP contribution is -2.41. The normalized spacial score (nSPS) is 13.9. The zero-order valence-electron chi connectivity index (χ0n) is 12.8. The first kappa shape index (κ1) is 15.8. The van der Waals surface area contributed by atoms with E-state index in [1.807, 2.05) is 19.9 Å². The highest BCUT2D eigenvalue weighted by molar-refractivity contribution is 5.78. The Morgan fingerprint density at radius 1 is 1.43 bits per heavy atom. The van der Waals surface area contributed by atoms with Gasteiger partial charge in [0.25, 0.3) is 5.91 Å². The van der Waals surface area contributed by atoms with Gasteiger partial charge in [0.05, 0.1) is 6.61 Å². The maximum atomic E-state index is 12.2. The molecule has 21 heavy (non-hydrogen) atoms. The highest BCUT2D eigenvalue weighted by Crippen LogP contribution is 2.27. The number of hydrogen-bond donors (Lipinski definition) is 1. The van der Waals surface area contributed by atoms with E-state index < -0.39 is 0 Å². The molecule has 1 aliphatic rings. The van der Waals surface area contributed by atoms with Crippen molar-refractivity contribution in [3.8, 4) is 5.75 Å². The summed E-state index contributed by atoms with van der Waals surface area (Å²) in [5.74, 6) is 0.682. The fraction of sp³-hybridized carbons (Fsp3) is 0.625. The standard InChI is InChI=1S/C16H24N2O3/c1-12(2)18(9-10-19)16(20)11-21-15-7-8-17-14-6-4-3-5-13(14)15/h7-8,12,19H,3-6,9-11H2,1-2H3. The molecule has 5 heteroatoms. The number of ether oxygens (including phenoxy) is 1. The van der Waals surface area contributed by atoms with E-state index in [1.54, 1.807) is 11.1 Å². The number of carbonyl (C=O) groups is 1. The topological polar surface area (TPSA) is 62.7 Å². The number of hydrogen-bond acceptors (Lipinski definition) is 4. The molecule has 1 N–H and O–H groups in total. The van der Waals surface area contributed by atoms with Crippen molar-refractivity contribution >= 4 is 5.91 Å². The van der Waals surface area contributed by atoms with Crippen molar-refractivity contribution in [2.45, 2.75) is 45.6 Å². The zero-order valence-corrected chi connectivity index (χ0v) is 12.8. The number of aliphatic hydroxyl groups excluding tert-OH is 1. The molecule has 0 atom stereocenters. The van der Waals surface area contributed by atoms with Crippen LogP contribution in [0.3, 0.4) is 0 Å². The van der Waals surface area contributed by atoms with Gasteiger partial charge >= 0.3 is 0 Å². The fourth-order valence-electron chi connectivity index (χ4n) is 2.73. The number of aromatic nitrogens is 1. The Bertz CT molecular complexity index is 488. The Kier molecular flexibility index (Phi) is 5.56. The van der Waals surface area contributed by atoms with Gasteiger partial charge in [-0.1, -0.05) is 0 Å². The summed E-state index contributed by atoms with van der Waals surface area (Å²) in [6.45, 7) is 4.18. The number of carbonyl (C=O) groups excluding carboxylic acids is 1. The van der Waals surface area contributed by atoms with Crippen LogP contribution in [0.15, 0.2) is 12.3 Å². The Hall–Kier alpha value is -1.62. The van der Waals surface area contributed by atoms with Gasteiger partial charge in [-0.25, -0.2) is 0 Å². The summed E-state index contributed by atoms with van der Waals surface area (Å²) in [6, 6.07) is 1.89. The minimum absolute atomic E-state index is 0.00856. The third-order valence-electron chi connectivity index (χ3n) is 3.83. The van der Waals surface area contributed by atoms with E-state index in [0.29, 0.717) is 6.54 Å². The molecule has 0 aliphatic heterocycles. The number of fused-ring (bicyclic) bond motifs is 1. The smallest absolute Gasteiger partial charge is 0.260 e. The molecule has 1 aliphatic carbocycles. The number of nitrogens with zero attached hydrogens (tertiary/aromatic N) is 2. The fourth-order valence-corrected chi connectivity index (χ4v) is 2.73. The van der Waals surface area contributed by atoms with Gasteiger partial charge in [-0.15, -0.1) is 0 Å². The van der Waals surface area contributed by atoms with Crippen LogP contribution < -0.4 is 4.74 Å². The molecule has 5 nitrogen and oxygen atoms in total. The average molecular weight is 292 g/mol. The van der Waals surface area contributed by atoms with Crippen LogP contribution in [0.4, 0.5) is 0 Å². The molecule has 0 bridgehead atoms. The van der Waals surface area contributed by atoms with Crippen molar-refractivity contribution in [2.24, 2.45) is 0 Å². The summed E-state index contributed by atoms with van der Waals surface area (Å²) in [7, 11) is 0. The molecule has 0 radical (unpaired) electrons. The Morgan fingerprint density at radius 2 is 2.19 bits per heavy atom. The molecule has 0 fully saturated rings. The van der Waals surface area contributed by atoms with Crippen LogP contribution in [0.25, 0.3) is 0 Å². The van der Waals surface area contributed by atoms with Crippen LogP contribution in [0, 0.1) is 0 Å². The molecule has 1 aromatic heterocycles. The van der Waals surface area contributed by atoms with Crippen LogP contribution in [0.5, 0.6) is 5.75 Å². The molecular formula is C16H24N2O3. The van der Waals surface area contributed by atoms with E-state index in [4.69, 9.17) is 9.84 Å². The average Bonchev–Trinajstić information content (AvgIpc) is 2.49. The first-order valence-corrected chi connectivity index (χ1v) is 7.63. The summed E-state index contributed by atoms with van der Waals surface area (Å²) in [5.41, 5.74) is 2.25. The number of rotatable bonds is 6. The molecule has 0 saturated heterocycles. The van der Waals surface area contributed by atoms with Gasteiger partial charge in [0.15, 0.2) is 6.61 Å². The van der Waals surface area contributed by atoms with Gasteiger partial charge in [-0.2, -0.15) is 0 Å². The predicted molar refractivity (Wildman–Crippen MR) is 80.3 cm³/mol. The second-order valence-corrected chi connectivity index (χ2v) is 5.63. The van der Waals surface area contributed by atoms with Gasteiger partial charge in [-0.3, -0.25) is 9.78 Å². The van der Waals surface area contributed by atoms with E-state index in [1.165, 1.54) is 6.42 Å². The minimum atomic E-state index is -0.0968. The van der Waals surface area contributed by atoms with Crippen LogP contribution in [0.2, 0.25) is 0 Å². The summed E-state index contributed by atoms with van der Waals surface area (Å²) < 4.78 is 5.73. The van der Waals surface area contributed by atoms with Gasteiger partial charge in [-0.05, 0) is 45.6 Å². The Labute approximate surface area is 125 Å². The van der Waals surface area contributed by atoms with Crippen molar-refractivity contribution in [2.75, 3.05) is 19.8 Å². The minimum Gasteiger partial charge on any atom is -0.483 e. The summed E-state index contributed by atoms with van der Waals surface area (Å²) in [5, 5.41) is 9.03. The molecule has 1 amide bonds. The van der Waals surface area contributed by atoms with E-state index in [2.05, 4.69) is 4.98 Å². The van der Waals surface area contributed by atoms with E-state index in [0.717, 1.165) is 36.3 Å². The highest BCUT2D eigenvalue weighted by atomic mass is 16.5. The van der Waals surface area contributed by atoms with Crippen molar-refractivity contribution < 1.29 is 14.6 Å². The first-order chi connectivity index (χ1) is 10.1. The molecule has 1 heterocycles. The molecule has 0 unspecified atom stereocenters. The lowest BCUT2D eigenvalue weighted by atomic mass is 9.95. The van der Waals surface area contributed by atoms with Crippen molar-refractivity contribution in [3.63, 3.8) is 0 Å². The maximum Gasteiger partial charge on any atom is 0.260 e. The van der Waals surface area contributed by atoms with Crippen molar-refractivity contribution in [3.05, 3.63) is 23.5 Å². The quantitative estimate of drug-likeness (QED) is 0.864. The molecule has 116 valence electrons. The monoisotopic (exact) mass is 292 g/mol. The molecule has 0 saturated carbocycles. The van der Waals surface area contributed by atoms with Crippen LogP contribution in [0.1, 0.15) is 37.9 Å². The van der Waals surface area contributed by atoms with Gasteiger partial charge < -0.3 is 14.7 Å². The van der Waals surface area contributed by atoms with Crippen LogP contribution in [-0.4, -0.2) is 46.7 Å². The Balaban J connectivity index is 2.01. The second kappa shape index (κ2) is 7.41. The Morgan fingerprint density at radius 3 is 2.90 bits per heavy atom. The van der Waals surface area contributed by atoms with Gasteiger partial charge in [0.1, 0.15) is 5.75 Å². The first-order valence-electron chi connectivity index (χ1n) is 7.63. The number of aryl methyl sites for hydroxylation is 1. The summed E-state index contributed by atoms with van der Waals surface area (Å²) >= 11 is 0. The van der Waals surface area contributed by atoms with Gasteiger partial charge in [0.2, 0.25) is 0 Å². The van der Waals surface area contributed by atoms with Gasteiger partial charge in [0, 0.05) is 30.0 Å². The molecular weight excluding hydrogens is 268 g/mol. The van der Waals surface area contributed by atoms with E-state index in [-0.39, 0.29) is 25.2 Å². The highest BCUT2D eigenvalue weighted by Gasteiger charge is 2.19. The summed E-state index contributed by atoms with van der Waals surface area (Å²) in [4.78, 5) is 18.2. The van der Waals surface area contributed by atoms with E-state index >= 15 is 0 Å². The molecule has 0 spiro atoms. The molecule has 0 aromatic carbocycles. The zero-order chi connectivity index (χ0) is 15.2. The van der Waals surface area contributed by atoms with Crippen LogP contribution >= 0.6 is 0 Å². The SMILES string of the molecule is CC(C)N(CCO)C(=O)COc1ccnc2c1CCCC2. The number of aliphatic hydroxyl groups is 1. The molecule has 1 aromatic rings. The largest absolute Gasteiger partial charge is 0.483 e. The number of pyridine rings is 1. The van der Waals surface area contributed by atoms with Crippen LogP contribution in [-0.2, 0) is 17.6 Å². The molecule has 2 rings (SSSR count). The summed E-state index contributed by atoms with van der Waals surface area (Å²) in [6.07, 6.45) is 6.02. The second-order valence-electron chi connectivity index (χ2n) is 5.63. The third-order valence-corrected chi connectivity index (χ3v) is 3.83. The van der Waals surface area contributed by atoms with E-state index in [9.17, 15) is 4.79 Å². The number of amides is 1. The van der Waals surface area contributed by atoms with Crippen molar-refractivity contribution in [1.29, 1.82) is 0 Å². The third kappa shape index (κ3) is 3.94. The predicted octanol–water partition coefficient (Wildman–Crippen LogP) is 1.57. The lowest BCUT2D eigenvalue weighted by Gasteiger charge is -2.26. The lowest BCUT2D eigenvalue weighted by molar-refractivity contribution is -0.135. The van der Waals surface area contributed by atoms with Crippen molar-refractivity contribution in [1.82, 2.24) is 9.88 Å². The maximum absolute atomic E-state index is 12.2.